The Kier molecular flexibility index (Phi) is 5.74. The maximum atomic E-state index is 12.5. The van der Waals surface area contributed by atoms with Crippen LogP contribution in [0.1, 0.15) is 17.4 Å². The average Bonchev–Trinajstić information content (AvgIpc) is 3.01. The molecule has 2 rings (SSSR count). The minimum atomic E-state index is -4.53. The molecular formula is C15H18F3NO4S. The Bertz CT molecular complexity index is 609. The van der Waals surface area contributed by atoms with Gasteiger partial charge in [-0.05, 0) is 6.07 Å². The van der Waals surface area contributed by atoms with Crippen molar-refractivity contribution in [1.82, 2.24) is 4.90 Å². The number of alkyl halides is 3. The lowest BCUT2D eigenvalue weighted by Gasteiger charge is -2.26. The van der Waals surface area contributed by atoms with E-state index >= 15 is 0 Å². The number of hydrogen-bond acceptors (Lipinski definition) is 5. The molecule has 0 bridgehead atoms. The van der Waals surface area contributed by atoms with Crippen LogP contribution in [0.4, 0.5) is 13.2 Å². The summed E-state index contributed by atoms with van der Waals surface area (Å²) in [5.74, 6) is 0.885. The molecule has 1 atom stereocenters. The lowest BCUT2D eigenvalue weighted by molar-refractivity contribution is -0.161. The largest absolute Gasteiger partial charge is 0.496 e. The SMILES string of the molecule is COc1cc(OC)c(C2SCCN2C(=O)CC(F)(F)F)cc1OC. The van der Waals surface area contributed by atoms with E-state index in [9.17, 15) is 18.0 Å². The highest BCUT2D eigenvalue weighted by Crippen LogP contribution is 2.46. The van der Waals surface area contributed by atoms with Crippen molar-refractivity contribution < 1.29 is 32.2 Å². The van der Waals surface area contributed by atoms with E-state index < -0.39 is 23.9 Å². The molecule has 0 N–H and O–H groups in total. The molecule has 9 heteroatoms. The van der Waals surface area contributed by atoms with Gasteiger partial charge >= 0.3 is 6.18 Å². The first-order valence-electron chi connectivity index (χ1n) is 7.08. The predicted octanol–water partition coefficient (Wildman–Crippen LogP) is 3.24. The fourth-order valence-corrected chi connectivity index (χ4v) is 3.79. The zero-order valence-electron chi connectivity index (χ0n) is 13.5. The van der Waals surface area contributed by atoms with E-state index in [0.717, 1.165) is 0 Å². The average molecular weight is 365 g/mol. The van der Waals surface area contributed by atoms with Crippen LogP contribution in [0.3, 0.4) is 0 Å². The van der Waals surface area contributed by atoms with Crippen LogP contribution in [0.25, 0.3) is 0 Å². The number of methoxy groups -OCH3 is 3. The minimum absolute atomic E-state index is 0.252. The summed E-state index contributed by atoms with van der Waals surface area (Å²) >= 11 is 1.38. The van der Waals surface area contributed by atoms with Gasteiger partial charge < -0.3 is 19.1 Å². The zero-order valence-corrected chi connectivity index (χ0v) is 14.3. The van der Waals surface area contributed by atoms with Crippen molar-refractivity contribution in [2.45, 2.75) is 18.0 Å². The highest BCUT2D eigenvalue weighted by molar-refractivity contribution is 7.99. The fraction of sp³-hybridized carbons (Fsp3) is 0.533. The molecule has 0 spiro atoms. The number of ether oxygens (including phenoxy) is 3. The molecule has 1 fully saturated rings. The van der Waals surface area contributed by atoms with Crippen molar-refractivity contribution in [3.63, 3.8) is 0 Å². The van der Waals surface area contributed by atoms with Gasteiger partial charge in [0.15, 0.2) is 11.5 Å². The molecule has 0 aromatic heterocycles. The monoisotopic (exact) mass is 365 g/mol. The highest BCUT2D eigenvalue weighted by atomic mass is 32.2. The summed E-state index contributed by atoms with van der Waals surface area (Å²) in [6.07, 6.45) is -6.00. The molecule has 1 aromatic carbocycles. The smallest absolute Gasteiger partial charge is 0.397 e. The van der Waals surface area contributed by atoms with Crippen LogP contribution in [0.5, 0.6) is 17.2 Å². The summed E-state index contributed by atoms with van der Waals surface area (Å²) in [5.41, 5.74) is 0.577. The molecule has 134 valence electrons. The summed E-state index contributed by atoms with van der Waals surface area (Å²) in [4.78, 5) is 13.2. The van der Waals surface area contributed by atoms with Crippen LogP contribution in [0.15, 0.2) is 12.1 Å². The normalized spacial score (nSPS) is 17.8. The maximum Gasteiger partial charge on any atom is 0.397 e. The number of carbonyl (C=O) groups is 1. The first-order chi connectivity index (χ1) is 11.3. The van der Waals surface area contributed by atoms with Gasteiger partial charge in [-0.25, -0.2) is 0 Å². The molecule has 1 heterocycles. The van der Waals surface area contributed by atoms with Crippen molar-refractivity contribution in [3.8, 4) is 17.2 Å². The number of hydrogen-bond donors (Lipinski definition) is 0. The predicted molar refractivity (Wildman–Crippen MR) is 83.7 cm³/mol. The zero-order chi connectivity index (χ0) is 17.9. The van der Waals surface area contributed by atoms with Crippen molar-refractivity contribution in [3.05, 3.63) is 17.7 Å². The molecule has 0 saturated carbocycles. The van der Waals surface area contributed by atoms with Gasteiger partial charge in [-0.2, -0.15) is 13.2 Å². The Morgan fingerprint density at radius 2 is 1.75 bits per heavy atom. The Hall–Kier alpha value is -1.77. The molecular weight excluding hydrogens is 347 g/mol. The van der Waals surface area contributed by atoms with Crippen LogP contribution in [-0.2, 0) is 4.79 Å². The molecule has 24 heavy (non-hydrogen) atoms. The second kappa shape index (κ2) is 7.42. The van der Waals surface area contributed by atoms with E-state index in [2.05, 4.69) is 0 Å². The second-order valence-electron chi connectivity index (χ2n) is 5.05. The van der Waals surface area contributed by atoms with Crippen LogP contribution < -0.4 is 14.2 Å². The van der Waals surface area contributed by atoms with Gasteiger partial charge in [-0.1, -0.05) is 0 Å². The molecule has 1 aliphatic heterocycles. The summed E-state index contributed by atoms with van der Waals surface area (Å²) in [5, 5.41) is -0.561. The lowest BCUT2D eigenvalue weighted by Crippen LogP contribution is -2.33. The number of thioether (sulfide) groups is 1. The molecule has 5 nitrogen and oxygen atoms in total. The van der Waals surface area contributed by atoms with Gasteiger partial charge in [0.25, 0.3) is 0 Å². The van der Waals surface area contributed by atoms with E-state index in [1.807, 2.05) is 0 Å². The van der Waals surface area contributed by atoms with Gasteiger partial charge in [-0.15, -0.1) is 11.8 Å². The number of rotatable bonds is 5. The van der Waals surface area contributed by atoms with Gasteiger partial charge in [0.05, 0.1) is 21.3 Å². The van der Waals surface area contributed by atoms with E-state index in [1.54, 1.807) is 12.1 Å². The van der Waals surface area contributed by atoms with E-state index in [1.165, 1.54) is 38.0 Å². The number of halogens is 3. The molecule has 1 aromatic rings. The number of amides is 1. The van der Waals surface area contributed by atoms with Crippen LogP contribution in [-0.4, -0.2) is 50.6 Å². The third kappa shape index (κ3) is 4.00. The topological polar surface area (TPSA) is 48.0 Å². The van der Waals surface area contributed by atoms with Gasteiger partial charge in [0, 0.05) is 23.9 Å². The molecule has 0 aliphatic carbocycles. The molecule has 1 saturated heterocycles. The van der Waals surface area contributed by atoms with Crippen molar-refractivity contribution in [1.29, 1.82) is 0 Å². The minimum Gasteiger partial charge on any atom is -0.496 e. The van der Waals surface area contributed by atoms with Crippen molar-refractivity contribution >= 4 is 17.7 Å². The lowest BCUT2D eigenvalue weighted by atomic mass is 10.1. The highest BCUT2D eigenvalue weighted by Gasteiger charge is 2.39. The summed E-state index contributed by atoms with van der Waals surface area (Å²) in [6, 6.07) is 3.23. The summed E-state index contributed by atoms with van der Waals surface area (Å²) in [7, 11) is 4.38. The molecule has 0 radical (unpaired) electrons. The van der Waals surface area contributed by atoms with Gasteiger partial charge in [0.2, 0.25) is 5.91 Å². The summed E-state index contributed by atoms with van der Waals surface area (Å²) < 4.78 is 53.4. The first-order valence-corrected chi connectivity index (χ1v) is 8.13. The Morgan fingerprint density at radius 1 is 1.17 bits per heavy atom. The van der Waals surface area contributed by atoms with E-state index in [-0.39, 0.29) is 6.54 Å². The number of nitrogens with zero attached hydrogens (tertiary/aromatic N) is 1. The summed E-state index contributed by atoms with van der Waals surface area (Å²) in [6.45, 7) is 0.252. The Morgan fingerprint density at radius 3 is 2.29 bits per heavy atom. The van der Waals surface area contributed by atoms with E-state index in [4.69, 9.17) is 14.2 Å². The van der Waals surface area contributed by atoms with Crippen LogP contribution in [0.2, 0.25) is 0 Å². The number of benzene rings is 1. The quantitative estimate of drug-likeness (QED) is 0.802. The Labute approximate surface area is 142 Å². The Balaban J connectivity index is 2.36. The van der Waals surface area contributed by atoms with Crippen molar-refractivity contribution in [2.75, 3.05) is 33.6 Å². The number of carbonyl (C=O) groups excluding carboxylic acids is 1. The standard InChI is InChI=1S/C15H18F3NO4S/c1-21-10-7-12(23-3)11(22-2)6-9(10)14-19(4-5-24-14)13(20)8-15(16,17)18/h6-7,14H,4-5,8H2,1-3H3. The van der Waals surface area contributed by atoms with E-state index in [0.29, 0.717) is 28.6 Å². The third-order valence-electron chi connectivity index (χ3n) is 3.56. The van der Waals surface area contributed by atoms with Gasteiger partial charge in [0.1, 0.15) is 17.5 Å². The molecule has 1 unspecified atom stereocenters. The third-order valence-corrected chi connectivity index (χ3v) is 4.81. The fourth-order valence-electron chi connectivity index (χ4n) is 2.50. The maximum absolute atomic E-state index is 12.5. The molecule has 1 aliphatic rings. The first kappa shape index (κ1) is 18.6. The second-order valence-corrected chi connectivity index (χ2v) is 6.24. The van der Waals surface area contributed by atoms with Crippen molar-refractivity contribution in [2.24, 2.45) is 0 Å². The van der Waals surface area contributed by atoms with Gasteiger partial charge in [-0.3, -0.25) is 4.79 Å². The van der Waals surface area contributed by atoms with Crippen LogP contribution in [0, 0.1) is 0 Å². The molecule has 1 amide bonds. The van der Waals surface area contributed by atoms with Crippen LogP contribution >= 0.6 is 11.8 Å².